The van der Waals surface area contributed by atoms with Crippen molar-refractivity contribution in [3.05, 3.63) is 71.0 Å². The lowest BCUT2D eigenvalue weighted by Gasteiger charge is -2.37. The summed E-state index contributed by atoms with van der Waals surface area (Å²) in [5, 5.41) is 9.52. The normalized spacial score (nSPS) is 16.3. The highest BCUT2D eigenvalue weighted by molar-refractivity contribution is 5.95. The summed E-state index contributed by atoms with van der Waals surface area (Å²) >= 11 is 0. The van der Waals surface area contributed by atoms with Gasteiger partial charge >= 0.3 is 0 Å². The number of nitrogens with zero attached hydrogens (tertiary/aromatic N) is 3. The zero-order chi connectivity index (χ0) is 17.8. The third-order valence-electron chi connectivity index (χ3n) is 4.65. The van der Waals surface area contributed by atoms with Gasteiger partial charge in [-0.15, -0.1) is 0 Å². The van der Waals surface area contributed by atoms with Crippen LogP contribution < -0.4 is 0 Å². The van der Waals surface area contributed by atoms with E-state index in [2.05, 4.69) is 6.07 Å². The van der Waals surface area contributed by atoms with Crippen LogP contribution in [0.4, 0.5) is 4.39 Å². The number of amides is 1. The maximum atomic E-state index is 13.1. The minimum atomic E-state index is -0.420. The highest BCUT2D eigenvalue weighted by atomic mass is 19.1. The van der Waals surface area contributed by atoms with E-state index in [1.807, 2.05) is 41.0 Å². The third-order valence-corrected chi connectivity index (χ3v) is 4.65. The van der Waals surface area contributed by atoms with E-state index in [9.17, 15) is 14.4 Å². The first-order chi connectivity index (χ1) is 12.1. The SMILES string of the molecule is Cc1ccccc1C(=O)N1CCN([C@@H](C#N)c2ccc(F)cc2)CC1. The first-order valence-electron chi connectivity index (χ1n) is 8.34. The number of benzene rings is 2. The van der Waals surface area contributed by atoms with Crippen LogP contribution in [0.15, 0.2) is 48.5 Å². The Balaban J connectivity index is 1.67. The molecule has 0 spiro atoms. The summed E-state index contributed by atoms with van der Waals surface area (Å²) in [7, 11) is 0. The van der Waals surface area contributed by atoms with Crippen LogP contribution in [-0.4, -0.2) is 41.9 Å². The molecule has 0 bridgehead atoms. The highest BCUT2D eigenvalue weighted by Gasteiger charge is 2.27. The van der Waals surface area contributed by atoms with Crippen molar-refractivity contribution < 1.29 is 9.18 Å². The number of halogens is 1. The maximum absolute atomic E-state index is 13.1. The van der Waals surface area contributed by atoms with Crippen LogP contribution >= 0.6 is 0 Å². The molecule has 25 heavy (non-hydrogen) atoms. The Bertz CT molecular complexity index is 789. The zero-order valence-electron chi connectivity index (χ0n) is 14.2. The van der Waals surface area contributed by atoms with Gasteiger partial charge in [0.1, 0.15) is 11.9 Å². The van der Waals surface area contributed by atoms with E-state index in [1.165, 1.54) is 12.1 Å². The Labute approximate surface area is 147 Å². The smallest absolute Gasteiger partial charge is 0.254 e. The monoisotopic (exact) mass is 337 g/mol. The molecule has 0 N–H and O–H groups in total. The molecule has 0 saturated carbocycles. The fourth-order valence-corrected chi connectivity index (χ4v) is 3.18. The lowest BCUT2D eigenvalue weighted by molar-refractivity contribution is 0.0605. The van der Waals surface area contributed by atoms with E-state index >= 15 is 0 Å². The van der Waals surface area contributed by atoms with Gasteiger partial charge in [-0.25, -0.2) is 4.39 Å². The van der Waals surface area contributed by atoms with Crippen molar-refractivity contribution in [1.29, 1.82) is 5.26 Å². The molecule has 1 fully saturated rings. The fraction of sp³-hybridized carbons (Fsp3) is 0.300. The van der Waals surface area contributed by atoms with E-state index in [0.29, 0.717) is 26.2 Å². The molecule has 1 aliphatic heterocycles. The number of carbonyl (C=O) groups is 1. The van der Waals surface area contributed by atoms with Gasteiger partial charge in [0.25, 0.3) is 5.91 Å². The second-order valence-electron chi connectivity index (χ2n) is 6.23. The van der Waals surface area contributed by atoms with E-state index < -0.39 is 6.04 Å². The Hall–Kier alpha value is -2.71. The molecule has 128 valence electrons. The van der Waals surface area contributed by atoms with Crippen LogP contribution in [0.2, 0.25) is 0 Å². The molecular formula is C20H20FN3O. The second-order valence-corrected chi connectivity index (χ2v) is 6.23. The summed E-state index contributed by atoms with van der Waals surface area (Å²) in [6.45, 7) is 4.32. The molecule has 0 unspecified atom stereocenters. The minimum absolute atomic E-state index is 0.0352. The van der Waals surface area contributed by atoms with Gasteiger partial charge in [0.05, 0.1) is 6.07 Å². The summed E-state index contributed by atoms with van der Waals surface area (Å²) in [5.41, 5.74) is 2.48. The van der Waals surface area contributed by atoms with Crippen LogP contribution in [0.5, 0.6) is 0 Å². The summed E-state index contributed by atoms with van der Waals surface area (Å²) < 4.78 is 13.1. The Morgan fingerprint density at radius 2 is 1.72 bits per heavy atom. The van der Waals surface area contributed by atoms with E-state index in [-0.39, 0.29) is 11.7 Å². The van der Waals surface area contributed by atoms with Crippen LogP contribution in [-0.2, 0) is 0 Å². The van der Waals surface area contributed by atoms with Gasteiger partial charge in [-0.05, 0) is 36.2 Å². The largest absolute Gasteiger partial charge is 0.336 e. The average molecular weight is 337 g/mol. The minimum Gasteiger partial charge on any atom is -0.336 e. The van der Waals surface area contributed by atoms with Crippen molar-refractivity contribution in [3.63, 3.8) is 0 Å². The Kier molecular flexibility index (Phi) is 5.11. The van der Waals surface area contributed by atoms with Gasteiger partial charge in [-0.3, -0.25) is 9.69 Å². The van der Waals surface area contributed by atoms with Gasteiger partial charge in [0.2, 0.25) is 0 Å². The summed E-state index contributed by atoms with van der Waals surface area (Å²) in [6.07, 6.45) is 0. The lowest BCUT2D eigenvalue weighted by atomic mass is 10.0. The number of aryl methyl sites for hydroxylation is 1. The average Bonchev–Trinajstić information content (AvgIpc) is 2.64. The van der Waals surface area contributed by atoms with Crippen molar-refractivity contribution in [1.82, 2.24) is 9.80 Å². The van der Waals surface area contributed by atoms with E-state index in [0.717, 1.165) is 16.7 Å². The molecule has 4 nitrogen and oxygen atoms in total. The van der Waals surface area contributed by atoms with E-state index in [1.54, 1.807) is 12.1 Å². The van der Waals surface area contributed by atoms with Crippen LogP contribution in [0.1, 0.15) is 27.5 Å². The number of piperazine rings is 1. The fourth-order valence-electron chi connectivity index (χ4n) is 3.18. The molecule has 1 heterocycles. The third kappa shape index (κ3) is 3.70. The van der Waals surface area contributed by atoms with Crippen molar-refractivity contribution >= 4 is 5.91 Å². The molecule has 1 saturated heterocycles. The molecule has 1 aliphatic rings. The zero-order valence-corrected chi connectivity index (χ0v) is 14.2. The maximum Gasteiger partial charge on any atom is 0.254 e. The van der Waals surface area contributed by atoms with Crippen LogP contribution in [0, 0.1) is 24.1 Å². The molecule has 0 radical (unpaired) electrons. The molecular weight excluding hydrogens is 317 g/mol. The van der Waals surface area contributed by atoms with Crippen molar-refractivity contribution in [2.24, 2.45) is 0 Å². The lowest BCUT2D eigenvalue weighted by Crippen LogP contribution is -2.49. The number of carbonyl (C=O) groups excluding carboxylic acids is 1. The summed E-state index contributed by atoms with van der Waals surface area (Å²) in [4.78, 5) is 16.5. The molecule has 0 aliphatic carbocycles. The quantitative estimate of drug-likeness (QED) is 0.864. The summed E-state index contributed by atoms with van der Waals surface area (Å²) in [6, 6.07) is 15.5. The summed E-state index contributed by atoms with van der Waals surface area (Å²) in [5.74, 6) is -0.276. The first kappa shape index (κ1) is 17.1. The molecule has 0 aromatic heterocycles. The standard InChI is InChI=1S/C20H20FN3O/c1-15-4-2-3-5-18(15)20(25)24-12-10-23(11-13-24)19(14-22)16-6-8-17(21)9-7-16/h2-9,19H,10-13H2,1H3/t19-/m0/s1. The predicted molar refractivity (Wildman–Crippen MR) is 93.4 cm³/mol. The highest BCUT2D eigenvalue weighted by Crippen LogP contribution is 2.22. The predicted octanol–water partition coefficient (Wildman–Crippen LogP) is 3.16. The van der Waals surface area contributed by atoms with Gasteiger partial charge in [-0.2, -0.15) is 5.26 Å². The van der Waals surface area contributed by atoms with Crippen molar-refractivity contribution in [2.75, 3.05) is 26.2 Å². The number of nitriles is 1. The number of hydrogen-bond acceptors (Lipinski definition) is 3. The molecule has 2 aromatic carbocycles. The van der Waals surface area contributed by atoms with Crippen LogP contribution in [0.25, 0.3) is 0 Å². The molecule has 1 amide bonds. The van der Waals surface area contributed by atoms with Crippen molar-refractivity contribution in [2.45, 2.75) is 13.0 Å². The number of rotatable bonds is 3. The molecule has 5 heteroatoms. The Morgan fingerprint density at radius 3 is 2.32 bits per heavy atom. The topological polar surface area (TPSA) is 47.3 Å². The van der Waals surface area contributed by atoms with Crippen LogP contribution in [0.3, 0.4) is 0 Å². The van der Waals surface area contributed by atoms with Crippen molar-refractivity contribution in [3.8, 4) is 6.07 Å². The molecule has 1 atom stereocenters. The molecule has 3 rings (SSSR count). The van der Waals surface area contributed by atoms with E-state index in [4.69, 9.17) is 0 Å². The van der Waals surface area contributed by atoms with Gasteiger partial charge < -0.3 is 4.90 Å². The second kappa shape index (κ2) is 7.45. The first-order valence-corrected chi connectivity index (χ1v) is 8.34. The number of hydrogen-bond donors (Lipinski definition) is 0. The Morgan fingerprint density at radius 1 is 1.08 bits per heavy atom. The van der Waals surface area contributed by atoms with Gasteiger partial charge in [0, 0.05) is 31.7 Å². The van der Waals surface area contributed by atoms with Gasteiger partial charge in [-0.1, -0.05) is 30.3 Å². The van der Waals surface area contributed by atoms with Gasteiger partial charge in [0.15, 0.2) is 0 Å². The molecule has 2 aromatic rings.